The predicted octanol–water partition coefficient (Wildman–Crippen LogP) is 6.11. The van der Waals surface area contributed by atoms with Crippen molar-refractivity contribution >= 4 is 40.6 Å². The standard InChI is InChI=1S/C21H17Cl2F3N4O2/c1-32-13-4-2-3-11(7-13)17-9-18(21(24,25)26)30-19(29-17)14(10-27-30)20(31)28-12-5-6-15(22)16(23)8-12/h2-8,10,17-18,29H,9H2,1H3,(H,28,31)/t17-,18-/m0/s1. The average molecular weight is 485 g/mol. The molecule has 0 spiro atoms. The molecular formula is C21H17Cl2F3N4O2. The van der Waals surface area contributed by atoms with Crippen LogP contribution < -0.4 is 15.4 Å². The molecular weight excluding hydrogens is 468 g/mol. The number of carbonyl (C=O) groups excluding carboxylic acids is 1. The zero-order chi connectivity index (χ0) is 23.0. The van der Waals surface area contributed by atoms with Crippen LogP contribution in [0, 0.1) is 0 Å². The highest BCUT2D eigenvalue weighted by molar-refractivity contribution is 6.42. The lowest BCUT2D eigenvalue weighted by Crippen LogP contribution is -2.36. The van der Waals surface area contributed by atoms with Gasteiger partial charge >= 0.3 is 6.18 Å². The Morgan fingerprint density at radius 2 is 2.00 bits per heavy atom. The van der Waals surface area contributed by atoms with Crippen LogP contribution in [-0.4, -0.2) is 29.0 Å². The van der Waals surface area contributed by atoms with Gasteiger partial charge in [0.05, 0.1) is 29.4 Å². The van der Waals surface area contributed by atoms with Crippen LogP contribution in [0.4, 0.5) is 24.7 Å². The Kier molecular flexibility index (Phi) is 5.96. The minimum Gasteiger partial charge on any atom is -0.497 e. The Bertz CT molecular complexity index is 1170. The zero-order valence-corrected chi connectivity index (χ0v) is 18.1. The first-order valence-electron chi connectivity index (χ1n) is 9.48. The number of hydrogen-bond donors (Lipinski definition) is 2. The summed E-state index contributed by atoms with van der Waals surface area (Å²) in [6, 6.07) is 8.64. The van der Waals surface area contributed by atoms with Crippen LogP contribution in [0.15, 0.2) is 48.7 Å². The average Bonchev–Trinajstić information content (AvgIpc) is 3.19. The van der Waals surface area contributed by atoms with E-state index in [1.807, 2.05) is 0 Å². The van der Waals surface area contributed by atoms with E-state index in [1.54, 1.807) is 24.3 Å². The molecule has 1 aliphatic heterocycles. The lowest BCUT2D eigenvalue weighted by Gasteiger charge is -2.34. The molecule has 0 radical (unpaired) electrons. The highest BCUT2D eigenvalue weighted by Crippen LogP contribution is 2.44. The zero-order valence-electron chi connectivity index (χ0n) is 16.6. The van der Waals surface area contributed by atoms with Gasteiger partial charge < -0.3 is 15.4 Å². The fourth-order valence-electron chi connectivity index (χ4n) is 3.58. The third-order valence-corrected chi connectivity index (χ3v) is 5.90. The van der Waals surface area contributed by atoms with Crippen LogP contribution in [0.5, 0.6) is 5.75 Å². The number of fused-ring (bicyclic) bond motifs is 1. The fourth-order valence-corrected chi connectivity index (χ4v) is 3.88. The number of amides is 1. The van der Waals surface area contributed by atoms with Crippen molar-refractivity contribution in [1.29, 1.82) is 0 Å². The number of halogens is 5. The third-order valence-electron chi connectivity index (χ3n) is 5.16. The minimum atomic E-state index is -4.56. The van der Waals surface area contributed by atoms with Crippen molar-refractivity contribution in [3.63, 3.8) is 0 Å². The van der Waals surface area contributed by atoms with Gasteiger partial charge in [-0.25, -0.2) is 4.68 Å². The minimum absolute atomic E-state index is 0.0241. The Morgan fingerprint density at radius 1 is 1.22 bits per heavy atom. The molecule has 0 unspecified atom stereocenters. The second-order valence-corrected chi connectivity index (χ2v) is 8.02. The number of alkyl halides is 3. The molecule has 0 fully saturated rings. The van der Waals surface area contributed by atoms with E-state index in [0.29, 0.717) is 22.0 Å². The number of anilines is 2. The number of rotatable bonds is 4. The van der Waals surface area contributed by atoms with Gasteiger partial charge in [-0.1, -0.05) is 35.3 Å². The largest absolute Gasteiger partial charge is 0.497 e. The Balaban J connectivity index is 1.69. The highest BCUT2D eigenvalue weighted by Gasteiger charge is 2.47. The molecule has 2 aromatic carbocycles. The lowest BCUT2D eigenvalue weighted by molar-refractivity contribution is -0.173. The van der Waals surface area contributed by atoms with E-state index in [4.69, 9.17) is 27.9 Å². The van der Waals surface area contributed by atoms with E-state index in [2.05, 4.69) is 15.7 Å². The normalized spacial score (nSPS) is 17.9. The molecule has 2 heterocycles. The SMILES string of the molecule is COc1cccc([C@@H]2C[C@@H](C(F)(F)F)n3ncc(C(=O)Nc4ccc(Cl)c(Cl)c4)c3N2)c1. The van der Waals surface area contributed by atoms with Gasteiger partial charge in [-0.3, -0.25) is 4.79 Å². The van der Waals surface area contributed by atoms with Gasteiger partial charge in [0.2, 0.25) is 0 Å². The molecule has 0 saturated carbocycles. The van der Waals surface area contributed by atoms with Gasteiger partial charge in [-0.05, 0) is 35.9 Å². The van der Waals surface area contributed by atoms with Crippen LogP contribution in [0.25, 0.3) is 0 Å². The summed E-state index contributed by atoms with van der Waals surface area (Å²) in [4.78, 5) is 12.9. The van der Waals surface area contributed by atoms with Crippen molar-refractivity contribution in [2.24, 2.45) is 0 Å². The second-order valence-electron chi connectivity index (χ2n) is 7.20. The van der Waals surface area contributed by atoms with Gasteiger partial charge in [-0.15, -0.1) is 0 Å². The van der Waals surface area contributed by atoms with E-state index in [-0.39, 0.29) is 22.8 Å². The number of nitrogens with zero attached hydrogens (tertiary/aromatic N) is 2. The second kappa shape index (κ2) is 8.55. The lowest BCUT2D eigenvalue weighted by atomic mass is 9.96. The van der Waals surface area contributed by atoms with Crippen molar-refractivity contribution in [3.05, 3.63) is 69.8 Å². The number of carbonyl (C=O) groups is 1. The number of hydrogen-bond acceptors (Lipinski definition) is 4. The number of benzene rings is 2. The Hall–Kier alpha value is -2.91. The van der Waals surface area contributed by atoms with Gasteiger partial charge in [0.25, 0.3) is 5.91 Å². The molecule has 2 atom stereocenters. The number of aromatic nitrogens is 2. The third kappa shape index (κ3) is 4.35. The number of ether oxygens (including phenoxy) is 1. The number of nitrogens with one attached hydrogen (secondary N) is 2. The maximum Gasteiger partial charge on any atom is 0.410 e. The first-order chi connectivity index (χ1) is 15.2. The molecule has 0 bridgehead atoms. The van der Waals surface area contributed by atoms with Crippen LogP contribution in [0.3, 0.4) is 0 Å². The van der Waals surface area contributed by atoms with Crippen molar-refractivity contribution in [2.75, 3.05) is 17.7 Å². The molecule has 1 aliphatic rings. The Morgan fingerprint density at radius 3 is 2.69 bits per heavy atom. The predicted molar refractivity (Wildman–Crippen MR) is 116 cm³/mol. The summed E-state index contributed by atoms with van der Waals surface area (Å²) in [6.07, 6.45) is -3.74. The van der Waals surface area contributed by atoms with Crippen LogP contribution in [0.2, 0.25) is 10.0 Å². The summed E-state index contributed by atoms with van der Waals surface area (Å²) < 4.78 is 47.6. The van der Waals surface area contributed by atoms with Crippen molar-refractivity contribution in [3.8, 4) is 5.75 Å². The first-order valence-corrected chi connectivity index (χ1v) is 10.2. The summed E-state index contributed by atoms with van der Waals surface area (Å²) in [6.45, 7) is 0. The number of methoxy groups -OCH3 is 1. The van der Waals surface area contributed by atoms with Gasteiger partial charge in [0.1, 0.15) is 17.1 Å². The maximum atomic E-state index is 13.9. The van der Waals surface area contributed by atoms with Crippen molar-refractivity contribution < 1.29 is 22.7 Å². The van der Waals surface area contributed by atoms with Crippen molar-refractivity contribution in [2.45, 2.75) is 24.7 Å². The molecule has 1 aromatic heterocycles. The topological polar surface area (TPSA) is 68.2 Å². The summed E-state index contributed by atoms with van der Waals surface area (Å²) in [5.74, 6) is -0.141. The smallest absolute Gasteiger partial charge is 0.410 e. The van der Waals surface area contributed by atoms with Crippen LogP contribution >= 0.6 is 23.2 Å². The molecule has 1 amide bonds. The van der Waals surface area contributed by atoms with Crippen molar-refractivity contribution in [1.82, 2.24) is 9.78 Å². The molecule has 4 rings (SSSR count). The summed E-state index contributed by atoms with van der Waals surface area (Å²) >= 11 is 11.9. The summed E-state index contributed by atoms with van der Waals surface area (Å²) in [5.41, 5.74) is 0.914. The first kappa shape index (κ1) is 22.3. The molecule has 11 heteroatoms. The quantitative estimate of drug-likeness (QED) is 0.468. The molecule has 32 heavy (non-hydrogen) atoms. The Labute approximate surface area is 191 Å². The highest BCUT2D eigenvalue weighted by atomic mass is 35.5. The molecule has 2 N–H and O–H groups in total. The van der Waals surface area contributed by atoms with Gasteiger partial charge in [-0.2, -0.15) is 18.3 Å². The van der Waals surface area contributed by atoms with E-state index in [1.165, 1.54) is 25.3 Å². The molecule has 0 saturated heterocycles. The van der Waals surface area contributed by atoms with E-state index in [0.717, 1.165) is 10.9 Å². The molecule has 0 aliphatic carbocycles. The molecule has 6 nitrogen and oxygen atoms in total. The van der Waals surface area contributed by atoms with Gasteiger partial charge in [0, 0.05) is 12.1 Å². The van der Waals surface area contributed by atoms with Crippen LogP contribution in [-0.2, 0) is 0 Å². The van der Waals surface area contributed by atoms with E-state index < -0.39 is 24.2 Å². The monoisotopic (exact) mass is 484 g/mol. The fraction of sp³-hybridized carbons (Fsp3) is 0.238. The van der Waals surface area contributed by atoms with Gasteiger partial charge in [0.15, 0.2) is 6.04 Å². The summed E-state index contributed by atoms with van der Waals surface area (Å²) in [5, 5.41) is 10.1. The van der Waals surface area contributed by atoms with Crippen LogP contribution in [0.1, 0.15) is 34.4 Å². The maximum absolute atomic E-state index is 13.9. The molecule has 3 aromatic rings. The van der Waals surface area contributed by atoms with E-state index >= 15 is 0 Å². The summed E-state index contributed by atoms with van der Waals surface area (Å²) in [7, 11) is 1.48. The van der Waals surface area contributed by atoms with E-state index in [9.17, 15) is 18.0 Å². The molecule has 168 valence electrons.